The molecule has 0 radical (unpaired) electrons. The van der Waals surface area contributed by atoms with Gasteiger partial charge in [0, 0.05) is 0 Å². The minimum Gasteiger partial charge on any atom is -0.467 e. The smallest absolute Gasteiger partial charge is 0.408 e. The normalized spacial score (nSPS) is 14.9. The van der Waals surface area contributed by atoms with Crippen LogP contribution in [-0.2, 0) is 14.3 Å². The fraction of sp³-hybridized carbons (Fsp3) is 0.833. The molecule has 0 aliphatic rings. The lowest BCUT2D eigenvalue weighted by atomic mass is 10.00. The van der Waals surface area contributed by atoms with E-state index in [4.69, 9.17) is 4.74 Å². The molecule has 0 rings (SSSR count). The van der Waals surface area contributed by atoms with Gasteiger partial charge in [-0.05, 0) is 26.7 Å². The highest BCUT2D eigenvalue weighted by atomic mass is 16.6. The SMILES string of the molecule is COC(=O)[C@@H](NC(=O)OC(C)(C)C)[C@H](O)C(C)C. The number of aliphatic hydroxyl groups is 1. The molecular formula is C12H23NO5. The topological polar surface area (TPSA) is 84.9 Å². The van der Waals surface area contributed by atoms with Crippen LogP contribution in [0.3, 0.4) is 0 Å². The molecule has 0 heterocycles. The predicted octanol–water partition coefficient (Wildman–Crippen LogP) is 1.07. The van der Waals surface area contributed by atoms with Crippen LogP contribution >= 0.6 is 0 Å². The Morgan fingerprint density at radius 3 is 2.06 bits per heavy atom. The van der Waals surface area contributed by atoms with E-state index in [1.807, 2.05) is 0 Å². The number of ether oxygens (including phenoxy) is 2. The van der Waals surface area contributed by atoms with E-state index in [0.717, 1.165) is 0 Å². The highest BCUT2D eigenvalue weighted by molar-refractivity contribution is 5.82. The molecule has 0 aromatic carbocycles. The molecule has 0 bridgehead atoms. The van der Waals surface area contributed by atoms with E-state index >= 15 is 0 Å². The van der Waals surface area contributed by atoms with E-state index in [1.54, 1.807) is 34.6 Å². The third-order valence-corrected chi connectivity index (χ3v) is 2.15. The van der Waals surface area contributed by atoms with Crippen LogP contribution in [0.15, 0.2) is 0 Å². The summed E-state index contributed by atoms with van der Waals surface area (Å²) in [4.78, 5) is 23.1. The number of rotatable bonds is 4. The van der Waals surface area contributed by atoms with Crippen molar-refractivity contribution in [3.05, 3.63) is 0 Å². The Morgan fingerprint density at radius 2 is 1.72 bits per heavy atom. The average Bonchev–Trinajstić information content (AvgIpc) is 2.21. The molecule has 18 heavy (non-hydrogen) atoms. The second-order valence-corrected chi connectivity index (χ2v) is 5.38. The van der Waals surface area contributed by atoms with Crippen molar-refractivity contribution in [1.29, 1.82) is 0 Å². The molecule has 0 saturated carbocycles. The highest BCUT2D eigenvalue weighted by Crippen LogP contribution is 2.11. The van der Waals surface area contributed by atoms with Crippen LogP contribution in [0.2, 0.25) is 0 Å². The summed E-state index contributed by atoms with van der Waals surface area (Å²) in [6, 6.07) is -1.13. The number of aliphatic hydroxyl groups excluding tert-OH is 1. The number of amides is 1. The average molecular weight is 261 g/mol. The lowest BCUT2D eigenvalue weighted by Crippen LogP contribution is -2.52. The van der Waals surface area contributed by atoms with Crippen LogP contribution in [0.5, 0.6) is 0 Å². The molecular weight excluding hydrogens is 238 g/mol. The Labute approximate surface area is 108 Å². The second kappa shape index (κ2) is 6.58. The van der Waals surface area contributed by atoms with Crippen molar-refractivity contribution < 1.29 is 24.2 Å². The third kappa shape index (κ3) is 5.86. The number of hydrogen-bond acceptors (Lipinski definition) is 5. The lowest BCUT2D eigenvalue weighted by Gasteiger charge is -2.26. The first-order valence-electron chi connectivity index (χ1n) is 5.84. The van der Waals surface area contributed by atoms with Gasteiger partial charge in [-0.15, -0.1) is 0 Å². The van der Waals surface area contributed by atoms with Crippen molar-refractivity contribution in [2.75, 3.05) is 7.11 Å². The van der Waals surface area contributed by atoms with Crippen LogP contribution < -0.4 is 5.32 Å². The molecule has 0 spiro atoms. The molecule has 0 aliphatic heterocycles. The van der Waals surface area contributed by atoms with Crippen LogP contribution in [0.25, 0.3) is 0 Å². The monoisotopic (exact) mass is 261 g/mol. The first kappa shape index (κ1) is 16.7. The minimum absolute atomic E-state index is 0.205. The summed E-state index contributed by atoms with van der Waals surface area (Å²) in [5, 5.41) is 12.2. The van der Waals surface area contributed by atoms with Gasteiger partial charge in [0.25, 0.3) is 0 Å². The fourth-order valence-electron chi connectivity index (χ4n) is 1.23. The quantitative estimate of drug-likeness (QED) is 0.739. The van der Waals surface area contributed by atoms with E-state index < -0.39 is 29.8 Å². The molecule has 2 N–H and O–H groups in total. The molecule has 6 nitrogen and oxygen atoms in total. The number of alkyl carbamates (subject to hydrolysis) is 1. The van der Waals surface area contributed by atoms with E-state index in [2.05, 4.69) is 10.1 Å². The number of carbonyl (C=O) groups is 2. The van der Waals surface area contributed by atoms with Gasteiger partial charge in [-0.3, -0.25) is 0 Å². The van der Waals surface area contributed by atoms with Crippen LogP contribution in [0, 0.1) is 5.92 Å². The maximum absolute atomic E-state index is 11.6. The number of hydrogen-bond donors (Lipinski definition) is 2. The van der Waals surface area contributed by atoms with Gasteiger partial charge in [-0.25, -0.2) is 9.59 Å². The van der Waals surface area contributed by atoms with Gasteiger partial charge in [0.15, 0.2) is 6.04 Å². The summed E-state index contributed by atoms with van der Waals surface area (Å²) < 4.78 is 9.57. The van der Waals surface area contributed by atoms with Crippen molar-refractivity contribution in [3.8, 4) is 0 Å². The highest BCUT2D eigenvalue weighted by Gasteiger charge is 2.32. The summed E-state index contributed by atoms with van der Waals surface area (Å²) >= 11 is 0. The molecule has 0 unspecified atom stereocenters. The van der Waals surface area contributed by atoms with Gasteiger partial charge < -0.3 is 19.9 Å². The molecule has 2 atom stereocenters. The molecule has 0 fully saturated rings. The summed E-state index contributed by atoms with van der Waals surface area (Å²) in [6.07, 6.45) is -1.80. The predicted molar refractivity (Wildman–Crippen MR) is 66.0 cm³/mol. The lowest BCUT2D eigenvalue weighted by molar-refractivity contribution is -0.147. The summed E-state index contributed by atoms with van der Waals surface area (Å²) in [5.41, 5.74) is -0.673. The van der Waals surface area contributed by atoms with E-state index in [-0.39, 0.29) is 5.92 Å². The van der Waals surface area contributed by atoms with Gasteiger partial charge in [0.05, 0.1) is 13.2 Å². The zero-order valence-electron chi connectivity index (χ0n) is 11.8. The zero-order valence-corrected chi connectivity index (χ0v) is 11.8. The summed E-state index contributed by atoms with van der Waals surface area (Å²) in [7, 11) is 1.19. The molecule has 6 heteroatoms. The Morgan fingerprint density at radius 1 is 1.22 bits per heavy atom. The second-order valence-electron chi connectivity index (χ2n) is 5.38. The molecule has 0 saturated heterocycles. The van der Waals surface area contributed by atoms with Crippen molar-refractivity contribution >= 4 is 12.1 Å². The van der Waals surface area contributed by atoms with Crippen molar-refractivity contribution in [3.63, 3.8) is 0 Å². The van der Waals surface area contributed by atoms with Gasteiger partial charge >= 0.3 is 12.1 Å². The summed E-state index contributed by atoms with van der Waals surface area (Å²) in [6.45, 7) is 8.59. The Balaban J connectivity index is 4.70. The maximum Gasteiger partial charge on any atom is 0.408 e. The van der Waals surface area contributed by atoms with Gasteiger partial charge in [-0.2, -0.15) is 0 Å². The van der Waals surface area contributed by atoms with Crippen molar-refractivity contribution in [2.45, 2.75) is 52.4 Å². The van der Waals surface area contributed by atoms with E-state index in [9.17, 15) is 14.7 Å². The number of esters is 1. The first-order valence-corrected chi connectivity index (χ1v) is 5.84. The Kier molecular flexibility index (Phi) is 6.11. The molecule has 106 valence electrons. The van der Waals surface area contributed by atoms with Crippen LogP contribution in [-0.4, -0.2) is 42.0 Å². The van der Waals surface area contributed by atoms with E-state index in [0.29, 0.717) is 0 Å². The molecule has 1 amide bonds. The van der Waals surface area contributed by atoms with Crippen LogP contribution in [0.1, 0.15) is 34.6 Å². The number of methoxy groups -OCH3 is 1. The number of nitrogens with one attached hydrogen (secondary N) is 1. The third-order valence-electron chi connectivity index (χ3n) is 2.15. The first-order chi connectivity index (χ1) is 8.08. The number of carbonyl (C=O) groups excluding carboxylic acids is 2. The van der Waals surface area contributed by atoms with Gasteiger partial charge in [-0.1, -0.05) is 13.8 Å². The molecule has 0 aliphatic carbocycles. The van der Waals surface area contributed by atoms with Crippen LogP contribution in [0.4, 0.5) is 4.79 Å². The van der Waals surface area contributed by atoms with Gasteiger partial charge in [0.1, 0.15) is 5.60 Å². The standard InChI is InChI=1S/C12H23NO5/c1-7(2)9(14)8(10(15)17-6)13-11(16)18-12(3,4)5/h7-9,14H,1-6H3,(H,13,16)/t8-,9+/m0/s1. The molecule has 0 aromatic heterocycles. The maximum atomic E-state index is 11.6. The zero-order chi connectivity index (χ0) is 14.5. The van der Waals surface area contributed by atoms with Crippen molar-refractivity contribution in [1.82, 2.24) is 5.32 Å². The Hall–Kier alpha value is -1.30. The van der Waals surface area contributed by atoms with Crippen molar-refractivity contribution in [2.24, 2.45) is 5.92 Å². The largest absolute Gasteiger partial charge is 0.467 e. The van der Waals surface area contributed by atoms with Gasteiger partial charge in [0.2, 0.25) is 0 Å². The molecule has 0 aromatic rings. The van der Waals surface area contributed by atoms with E-state index in [1.165, 1.54) is 7.11 Å². The fourth-order valence-corrected chi connectivity index (χ4v) is 1.23. The Bertz CT molecular complexity index is 295. The summed E-state index contributed by atoms with van der Waals surface area (Å²) in [5.74, 6) is -0.911. The minimum atomic E-state index is -1.13.